The van der Waals surface area contributed by atoms with Crippen LogP contribution in [0.3, 0.4) is 0 Å². The molecule has 0 amide bonds. The van der Waals surface area contributed by atoms with Gasteiger partial charge in [-0.2, -0.15) is 0 Å². The standard InChI is InChI=1S/C17H22Br2O/c1-17(2)7-4-3-5-14(17)15(19)13-10-12(18)9-11-6-8-20-16(11)13/h9-10,14-15H,3-8H2,1-2H3. The minimum atomic E-state index is 0.391. The average Bonchev–Trinajstić information content (AvgIpc) is 2.84. The SMILES string of the molecule is CC1(C)CCCCC1C(Br)c1cc(Br)cc2c1OCC2. The molecule has 0 saturated heterocycles. The van der Waals surface area contributed by atoms with E-state index in [1.54, 1.807) is 0 Å². The van der Waals surface area contributed by atoms with Gasteiger partial charge in [0.25, 0.3) is 0 Å². The smallest absolute Gasteiger partial charge is 0.127 e. The summed E-state index contributed by atoms with van der Waals surface area (Å²) in [6, 6.07) is 4.45. The predicted octanol–water partition coefficient (Wildman–Crippen LogP) is 6.04. The lowest BCUT2D eigenvalue weighted by atomic mass is 9.66. The first kappa shape index (κ1) is 14.9. The summed E-state index contributed by atoms with van der Waals surface area (Å²) in [5, 5.41) is 0. The lowest BCUT2D eigenvalue weighted by Crippen LogP contribution is -2.30. The molecule has 1 nitrogen and oxygen atoms in total. The van der Waals surface area contributed by atoms with Crippen molar-refractivity contribution >= 4 is 31.9 Å². The van der Waals surface area contributed by atoms with Crippen molar-refractivity contribution in [3.8, 4) is 5.75 Å². The van der Waals surface area contributed by atoms with Crippen molar-refractivity contribution in [2.75, 3.05) is 6.61 Å². The van der Waals surface area contributed by atoms with Crippen molar-refractivity contribution in [2.24, 2.45) is 11.3 Å². The number of hydrogen-bond donors (Lipinski definition) is 0. The van der Waals surface area contributed by atoms with Gasteiger partial charge in [0.1, 0.15) is 5.75 Å². The van der Waals surface area contributed by atoms with Crippen LogP contribution in [0.1, 0.15) is 55.5 Å². The summed E-state index contributed by atoms with van der Waals surface area (Å²) < 4.78 is 7.09. The third-order valence-electron chi connectivity index (χ3n) is 5.02. The summed E-state index contributed by atoms with van der Waals surface area (Å²) in [6.07, 6.45) is 6.40. The number of halogens is 2. The molecule has 0 radical (unpaired) electrons. The largest absolute Gasteiger partial charge is 0.493 e. The molecule has 1 aromatic carbocycles. The fourth-order valence-electron chi connectivity index (χ4n) is 3.78. The Hall–Kier alpha value is -0.0200. The Labute approximate surface area is 138 Å². The minimum Gasteiger partial charge on any atom is -0.493 e. The molecule has 2 unspecified atom stereocenters. The van der Waals surface area contributed by atoms with Crippen LogP contribution in [0.5, 0.6) is 5.75 Å². The van der Waals surface area contributed by atoms with Crippen LogP contribution >= 0.6 is 31.9 Å². The monoisotopic (exact) mass is 400 g/mol. The number of ether oxygens (including phenoxy) is 1. The molecule has 1 saturated carbocycles. The molecule has 1 aliphatic heterocycles. The fraction of sp³-hybridized carbons (Fsp3) is 0.647. The summed E-state index contributed by atoms with van der Waals surface area (Å²) in [7, 11) is 0. The summed E-state index contributed by atoms with van der Waals surface area (Å²) in [5.74, 6) is 1.82. The molecular weight excluding hydrogens is 380 g/mol. The molecule has 1 aromatic rings. The zero-order valence-electron chi connectivity index (χ0n) is 12.2. The van der Waals surface area contributed by atoms with Gasteiger partial charge in [-0.25, -0.2) is 0 Å². The van der Waals surface area contributed by atoms with Gasteiger partial charge in [-0.15, -0.1) is 0 Å². The highest BCUT2D eigenvalue weighted by Crippen LogP contribution is 2.53. The number of hydrogen-bond acceptors (Lipinski definition) is 1. The summed E-state index contributed by atoms with van der Waals surface area (Å²) in [4.78, 5) is 0.391. The van der Waals surface area contributed by atoms with Gasteiger partial charge in [0.15, 0.2) is 0 Å². The molecule has 0 aromatic heterocycles. The maximum atomic E-state index is 5.91. The van der Waals surface area contributed by atoms with Crippen molar-refractivity contribution in [2.45, 2.75) is 50.8 Å². The van der Waals surface area contributed by atoms with Crippen LogP contribution in [0.4, 0.5) is 0 Å². The zero-order chi connectivity index (χ0) is 14.3. The van der Waals surface area contributed by atoms with E-state index in [0.29, 0.717) is 16.2 Å². The first-order valence-corrected chi connectivity index (χ1v) is 9.29. The summed E-state index contributed by atoms with van der Waals surface area (Å²) >= 11 is 7.67. The zero-order valence-corrected chi connectivity index (χ0v) is 15.4. The van der Waals surface area contributed by atoms with Crippen LogP contribution < -0.4 is 4.74 Å². The van der Waals surface area contributed by atoms with E-state index in [4.69, 9.17) is 4.74 Å². The normalized spacial score (nSPS) is 25.9. The van der Waals surface area contributed by atoms with Gasteiger partial charge in [-0.1, -0.05) is 58.5 Å². The van der Waals surface area contributed by atoms with Gasteiger partial charge >= 0.3 is 0 Å². The Morgan fingerprint density at radius 2 is 2.10 bits per heavy atom. The van der Waals surface area contributed by atoms with E-state index in [0.717, 1.165) is 18.8 Å². The van der Waals surface area contributed by atoms with Crippen LogP contribution in [0.25, 0.3) is 0 Å². The molecule has 1 heterocycles. The Morgan fingerprint density at radius 1 is 1.30 bits per heavy atom. The maximum absolute atomic E-state index is 5.91. The van der Waals surface area contributed by atoms with E-state index >= 15 is 0 Å². The van der Waals surface area contributed by atoms with Crippen LogP contribution in [-0.2, 0) is 6.42 Å². The third-order valence-corrected chi connectivity index (χ3v) is 6.61. The first-order valence-electron chi connectivity index (χ1n) is 7.58. The lowest BCUT2D eigenvalue weighted by molar-refractivity contribution is 0.136. The van der Waals surface area contributed by atoms with Crippen LogP contribution in [0, 0.1) is 11.3 Å². The van der Waals surface area contributed by atoms with E-state index < -0.39 is 0 Å². The van der Waals surface area contributed by atoms with Crippen molar-refractivity contribution in [3.05, 3.63) is 27.7 Å². The van der Waals surface area contributed by atoms with Gasteiger partial charge < -0.3 is 4.74 Å². The van der Waals surface area contributed by atoms with Crippen LogP contribution in [-0.4, -0.2) is 6.61 Å². The van der Waals surface area contributed by atoms with Gasteiger partial charge in [-0.05, 0) is 41.9 Å². The van der Waals surface area contributed by atoms with E-state index in [2.05, 4.69) is 57.8 Å². The molecule has 0 bridgehead atoms. The highest BCUT2D eigenvalue weighted by molar-refractivity contribution is 9.10. The highest BCUT2D eigenvalue weighted by Gasteiger charge is 2.38. The first-order chi connectivity index (χ1) is 9.49. The lowest BCUT2D eigenvalue weighted by Gasteiger charge is -2.41. The molecule has 20 heavy (non-hydrogen) atoms. The van der Waals surface area contributed by atoms with Crippen molar-refractivity contribution in [1.29, 1.82) is 0 Å². The molecule has 0 N–H and O–H groups in total. The fourth-order valence-corrected chi connectivity index (χ4v) is 5.63. The number of fused-ring (bicyclic) bond motifs is 1. The van der Waals surface area contributed by atoms with E-state index in [1.165, 1.54) is 41.3 Å². The number of rotatable bonds is 2. The second kappa shape index (κ2) is 5.64. The topological polar surface area (TPSA) is 9.23 Å². The minimum absolute atomic E-state index is 0.391. The Balaban J connectivity index is 1.96. The Bertz CT molecular complexity index is 510. The van der Waals surface area contributed by atoms with Gasteiger partial charge in [-0.3, -0.25) is 0 Å². The Kier molecular flexibility index (Phi) is 4.20. The molecular formula is C17H22Br2O. The third kappa shape index (κ3) is 2.68. The van der Waals surface area contributed by atoms with Crippen LogP contribution in [0.15, 0.2) is 16.6 Å². The average molecular weight is 402 g/mol. The van der Waals surface area contributed by atoms with Gasteiger partial charge in [0.05, 0.1) is 6.61 Å². The molecule has 3 heteroatoms. The molecule has 1 aliphatic carbocycles. The van der Waals surface area contributed by atoms with Crippen LogP contribution in [0.2, 0.25) is 0 Å². The predicted molar refractivity (Wildman–Crippen MR) is 90.7 cm³/mol. The van der Waals surface area contributed by atoms with Crippen molar-refractivity contribution < 1.29 is 4.74 Å². The molecule has 0 spiro atoms. The summed E-state index contributed by atoms with van der Waals surface area (Å²) in [6.45, 7) is 5.67. The molecule has 2 aliphatic rings. The second-order valence-corrected chi connectivity index (χ2v) is 8.73. The number of alkyl halides is 1. The van der Waals surface area contributed by atoms with Crippen molar-refractivity contribution in [1.82, 2.24) is 0 Å². The maximum Gasteiger partial charge on any atom is 0.127 e. The molecule has 1 fully saturated rings. The van der Waals surface area contributed by atoms with E-state index in [-0.39, 0.29) is 0 Å². The van der Waals surface area contributed by atoms with E-state index in [9.17, 15) is 0 Å². The van der Waals surface area contributed by atoms with Crippen molar-refractivity contribution in [3.63, 3.8) is 0 Å². The summed E-state index contributed by atoms with van der Waals surface area (Å²) in [5.41, 5.74) is 3.10. The Morgan fingerprint density at radius 3 is 2.85 bits per heavy atom. The quantitative estimate of drug-likeness (QED) is 0.549. The molecule has 2 atom stereocenters. The molecule has 110 valence electrons. The highest BCUT2D eigenvalue weighted by atomic mass is 79.9. The van der Waals surface area contributed by atoms with Gasteiger partial charge in [0, 0.05) is 21.3 Å². The van der Waals surface area contributed by atoms with E-state index in [1.807, 2.05) is 0 Å². The second-order valence-electron chi connectivity index (χ2n) is 6.82. The molecule has 3 rings (SSSR count). The number of benzene rings is 1. The van der Waals surface area contributed by atoms with Gasteiger partial charge in [0.2, 0.25) is 0 Å².